The van der Waals surface area contributed by atoms with Crippen molar-refractivity contribution >= 4 is 40.5 Å². The fourth-order valence-electron chi connectivity index (χ4n) is 9.80. The number of likely N-dealkylation sites (N-methyl/N-ethyl adjacent to an activating group) is 1. The number of methoxy groups -OCH3 is 1. The maximum Gasteiger partial charge on any atom is 0.324 e. The van der Waals surface area contributed by atoms with E-state index in [1.54, 1.807) is 37.4 Å². The zero-order chi connectivity index (χ0) is 46.7. The number of likely N-dealkylation sites (tertiary alicyclic amines) is 1. The molecule has 2 aromatic heterocycles. The number of fused-ring (bicyclic) bond motifs is 6. The molecule has 15 nitrogen and oxygen atoms in total. The van der Waals surface area contributed by atoms with Crippen molar-refractivity contribution in [1.29, 1.82) is 0 Å². The SMILES string of the molecule is C=CC(=O)N1CC[C@H](C(=O)N(C)[C@H](C(=O)N[C@H]2Cc3cc(O)cc(c3)-c3ccc4c(c3)c(c(-c3cncc(COC)c3)n4CC)CC(C)(C)COC(=O)[C@@H]3CCCN(N3)C2=O)C(C)C)C1. The van der Waals surface area contributed by atoms with Gasteiger partial charge in [0.25, 0.3) is 5.91 Å². The molecular formula is C50H63N7O8. The van der Waals surface area contributed by atoms with Crippen LogP contribution in [0.4, 0.5) is 0 Å². The van der Waals surface area contributed by atoms with E-state index in [9.17, 15) is 29.1 Å². The topological polar surface area (TPSA) is 176 Å². The molecule has 0 radical (unpaired) electrons. The van der Waals surface area contributed by atoms with Gasteiger partial charge >= 0.3 is 5.97 Å². The molecule has 0 aliphatic carbocycles. The van der Waals surface area contributed by atoms with Crippen LogP contribution in [0.25, 0.3) is 33.3 Å². The Kier molecular flexibility index (Phi) is 14.1. The number of hydrogen-bond donors (Lipinski definition) is 3. The molecule has 6 bridgehead atoms. The second-order valence-electron chi connectivity index (χ2n) is 18.8. The number of phenols is 1. The molecule has 2 saturated heterocycles. The van der Waals surface area contributed by atoms with E-state index in [1.165, 1.54) is 16.0 Å². The summed E-state index contributed by atoms with van der Waals surface area (Å²) in [6.07, 6.45) is 6.84. The van der Waals surface area contributed by atoms with Crippen molar-refractivity contribution in [2.75, 3.05) is 40.4 Å². The van der Waals surface area contributed by atoms with Crippen LogP contribution in [0.3, 0.4) is 0 Å². The molecule has 7 rings (SSSR count). The number of aromatic nitrogens is 2. The van der Waals surface area contributed by atoms with Gasteiger partial charge in [-0.2, -0.15) is 0 Å². The summed E-state index contributed by atoms with van der Waals surface area (Å²) in [5.41, 5.74) is 9.69. The summed E-state index contributed by atoms with van der Waals surface area (Å²) >= 11 is 0. The van der Waals surface area contributed by atoms with Crippen molar-refractivity contribution in [1.82, 2.24) is 35.1 Å². The minimum Gasteiger partial charge on any atom is -0.508 e. The highest BCUT2D eigenvalue weighted by Gasteiger charge is 2.40. The lowest BCUT2D eigenvalue weighted by Gasteiger charge is -2.37. The summed E-state index contributed by atoms with van der Waals surface area (Å²) in [5.74, 6) is -2.85. The third-order valence-electron chi connectivity index (χ3n) is 12.9. The molecule has 5 heterocycles. The van der Waals surface area contributed by atoms with Gasteiger partial charge in [0.2, 0.25) is 17.7 Å². The van der Waals surface area contributed by atoms with E-state index < -0.39 is 47.2 Å². The quantitative estimate of drug-likeness (QED) is 0.138. The van der Waals surface area contributed by atoms with Crippen molar-refractivity contribution in [2.24, 2.45) is 17.3 Å². The van der Waals surface area contributed by atoms with Crippen LogP contribution >= 0.6 is 0 Å². The number of phenolic OH excluding ortho intramolecular Hbond substituents is 1. The smallest absolute Gasteiger partial charge is 0.324 e. The standard InChI is InChI=1S/C50H63N7O8/c1-9-43(59)55-17-15-34(27-55)47(61)54(7)44(30(3)4)46(60)52-41-21-31-18-35(22-37(58)20-31)33-13-14-42-38(23-33)39(45(56(42)10-2)36-19-32(28-64-8)25-51-26-36)24-50(5,6)29-65-49(63)40-12-11-16-57(53-40)48(41)62/h9,13-14,18-20,22-23,25-26,30,34,40-41,44,53,58H,1,10-12,15-17,21,24,27-29H2,2-8H3,(H,52,60)/t34-,40-,41-,44-/m0/s1. The third-order valence-corrected chi connectivity index (χ3v) is 12.9. The van der Waals surface area contributed by atoms with E-state index in [4.69, 9.17) is 9.47 Å². The van der Waals surface area contributed by atoms with Crippen LogP contribution in [-0.2, 0) is 59.4 Å². The normalized spacial score (nSPS) is 20.6. The van der Waals surface area contributed by atoms with Gasteiger partial charge in [0.1, 0.15) is 23.9 Å². The number of carbonyl (C=O) groups is 5. The number of hydrogen-bond acceptors (Lipinski definition) is 10. The Balaban J connectivity index is 1.29. The van der Waals surface area contributed by atoms with Gasteiger partial charge in [0, 0.05) is 81.0 Å². The summed E-state index contributed by atoms with van der Waals surface area (Å²) in [6, 6.07) is 10.6. The van der Waals surface area contributed by atoms with Gasteiger partial charge in [0.05, 0.1) is 24.8 Å². The Hall–Kier alpha value is -6.06. The summed E-state index contributed by atoms with van der Waals surface area (Å²) in [4.78, 5) is 76.8. The molecule has 65 heavy (non-hydrogen) atoms. The van der Waals surface area contributed by atoms with Gasteiger partial charge in [-0.15, -0.1) is 0 Å². The maximum atomic E-state index is 14.7. The molecule has 4 amide bonds. The minimum absolute atomic E-state index is 0.00808. The van der Waals surface area contributed by atoms with Crippen LogP contribution in [0.1, 0.15) is 70.6 Å². The van der Waals surface area contributed by atoms with Crippen molar-refractivity contribution in [3.8, 4) is 28.1 Å². The Bertz CT molecular complexity index is 2480. The van der Waals surface area contributed by atoms with Crippen molar-refractivity contribution in [3.05, 3.63) is 84.2 Å². The van der Waals surface area contributed by atoms with Crippen LogP contribution in [0.2, 0.25) is 0 Å². The number of nitrogens with one attached hydrogen (secondary N) is 2. The Morgan fingerprint density at radius 1 is 1.08 bits per heavy atom. The Morgan fingerprint density at radius 2 is 1.86 bits per heavy atom. The van der Waals surface area contributed by atoms with E-state index in [0.717, 1.165) is 44.4 Å². The van der Waals surface area contributed by atoms with Crippen LogP contribution in [-0.4, -0.2) is 118 Å². The van der Waals surface area contributed by atoms with E-state index in [1.807, 2.05) is 32.2 Å². The number of esters is 1. The number of ether oxygens (including phenoxy) is 2. The van der Waals surface area contributed by atoms with Gasteiger partial charge in [0.15, 0.2) is 0 Å². The van der Waals surface area contributed by atoms with Gasteiger partial charge in [-0.1, -0.05) is 46.4 Å². The van der Waals surface area contributed by atoms with E-state index >= 15 is 0 Å². The van der Waals surface area contributed by atoms with Gasteiger partial charge < -0.3 is 34.3 Å². The number of aromatic hydroxyl groups is 1. The number of benzene rings is 2. The van der Waals surface area contributed by atoms with Crippen LogP contribution in [0.5, 0.6) is 5.75 Å². The molecule has 3 aliphatic rings. The van der Waals surface area contributed by atoms with Crippen LogP contribution in [0.15, 0.2) is 67.5 Å². The number of carbonyl (C=O) groups excluding carboxylic acids is 5. The molecule has 2 fully saturated rings. The number of rotatable bonds is 10. The molecule has 15 heteroatoms. The first kappa shape index (κ1) is 46.9. The highest BCUT2D eigenvalue weighted by molar-refractivity contribution is 5.96. The minimum atomic E-state index is -1.16. The Morgan fingerprint density at radius 3 is 2.58 bits per heavy atom. The molecule has 3 N–H and O–H groups in total. The van der Waals surface area contributed by atoms with Crippen molar-refractivity contribution in [2.45, 2.75) is 98.0 Å². The number of pyridine rings is 1. The third kappa shape index (κ3) is 10.1. The molecule has 4 aromatic rings. The lowest BCUT2D eigenvalue weighted by atomic mass is 9.84. The molecule has 346 valence electrons. The van der Waals surface area contributed by atoms with Gasteiger partial charge in [-0.25, -0.2) is 5.43 Å². The number of aryl methyl sites for hydroxylation is 1. The van der Waals surface area contributed by atoms with Crippen LogP contribution < -0.4 is 10.7 Å². The molecule has 3 aliphatic heterocycles. The molecule has 0 unspecified atom stereocenters. The molecule has 0 spiro atoms. The monoisotopic (exact) mass is 889 g/mol. The average Bonchev–Trinajstić information content (AvgIpc) is 3.90. The molecule has 2 aromatic carbocycles. The highest BCUT2D eigenvalue weighted by Crippen LogP contribution is 2.41. The van der Waals surface area contributed by atoms with Gasteiger partial charge in [-0.05, 0) is 103 Å². The van der Waals surface area contributed by atoms with Crippen molar-refractivity contribution < 1.29 is 38.6 Å². The number of nitrogens with zero attached hydrogens (tertiary/aromatic N) is 5. The number of hydrazine groups is 1. The summed E-state index contributed by atoms with van der Waals surface area (Å²) in [6.45, 7) is 15.6. The summed E-state index contributed by atoms with van der Waals surface area (Å²) in [7, 11) is 3.24. The number of cyclic esters (lactones) is 1. The summed E-state index contributed by atoms with van der Waals surface area (Å²) < 4.78 is 13.8. The van der Waals surface area contributed by atoms with E-state index in [2.05, 4.69) is 65.8 Å². The first-order valence-electron chi connectivity index (χ1n) is 22.7. The number of amides is 4. The lowest BCUT2D eigenvalue weighted by molar-refractivity contribution is -0.155. The zero-order valence-electron chi connectivity index (χ0n) is 38.7. The van der Waals surface area contributed by atoms with E-state index in [-0.39, 0.29) is 49.6 Å². The van der Waals surface area contributed by atoms with Crippen molar-refractivity contribution in [3.63, 3.8) is 0 Å². The fraction of sp³-hybridized carbons (Fsp3) is 0.480. The largest absolute Gasteiger partial charge is 0.508 e. The van der Waals surface area contributed by atoms with Crippen LogP contribution in [0, 0.1) is 17.3 Å². The predicted octanol–water partition coefficient (Wildman–Crippen LogP) is 5.41. The average molecular weight is 890 g/mol. The van der Waals surface area contributed by atoms with E-state index in [0.29, 0.717) is 50.9 Å². The second-order valence-corrected chi connectivity index (χ2v) is 18.8. The highest BCUT2D eigenvalue weighted by atomic mass is 16.5. The first-order valence-corrected chi connectivity index (χ1v) is 22.7. The molecular weight excluding hydrogens is 827 g/mol. The second kappa shape index (κ2) is 19.6. The molecule has 4 atom stereocenters. The predicted molar refractivity (Wildman–Crippen MR) is 247 cm³/mol. The maximum absolute atomic E-state index is 14.7. The van der Waals surface area contributed by atoms with Gasteiger partial charge in [-0.3, -0.25) is 34.0 Å². The Labute approximate surface area is 381 Å². The lowest BCUT2D eigenvalue weighted by Crippen LogP contribution is -2.62. The fourth-order valence-corrected chi connectivity index (χ4v) is 9.80. The first-order chi connectivity index (χ1) is 31.0. The summed E-state index contributed by atoms with van der Waals surface area (Å²) in [5, 5.41) is 16.7. The molecule has 0 saturated carbocycles. The zero-order valence-corrected chi connectivity index (χ0v) is 38.7.